The van der Waals surface area contributed by atoms with E-state index in [1.54, 1.807) is 4.68 Å². The van der Waals surface area contributed by atoms with Crippen LogP contribution in [0.25, 0.3) is 0 Å². The molecule has 1 aromatic heterocycles. The number of likely N-dealkylation sites (N-methyl/N-ethyl adjacent to an activating group) is 1. The van der Waals surface area contributed by atoms with E-state index >= 15 is 0 Å². The molecule has 17 heavy (non-hydrogen) atoms. The molecular formula is C12H22N4O. The molecule has 0 aromatic carbocycles. The number of carbonyl (C=O) groups excluding carboxylic acids is 1. The van der Waals surface area contributed by atoms with Crippen molar-refractivity contribution in [1.82, 2.24) is 20.0 Å². The zero-order chi connectivity index (χ0) is 13.1. The van der Waals surface area contributed by atoms with Gasteiger partial charge in [0, 0.05) is 30.9 Å². The van der Waals surface area contributed by atoms with Crippen LogP contribution in [0.5, 0.6) is 0 Å². The lowest BCUT2D eigenvalue weighted by Crippen LogP contribution is -2.45. The van der Waals surface area contributed by atoms with Crippen LogP contribution >= 0.6 is 0 Å². The lowest BCUT2D eigenvalue weighted by atomic mass is 10.1. The van der Waals surface area contributed by atoms with Crippen LogP contribution in [-0.4, -0.2) is 39.7 Å². The first kappa shape index (κ1) is 13.7. The number of carbonyl (C=O) groups is 1. The first-order valence-corrected chi connectivity index (χ1v) is 5.73. The molecule has 5 heteroatoms. The maximum Gasteiger partial charge on any atom is 0.234 e. The Balaban J connectivity index is 2.39. The highest BCUT2D eigenvalue weighted by Crippen LogP contribution is 2.02. The molecule has 0 aliphatic heterocycles. The summed E-state index contributed by atoms with van der Waals surface area (Å²) in [5.74, 6) is 0.0453. The van der Waals surface area contributed by atoms with Gasteiger partial charge in [0.2, 0.25) is 5.91 Å². The quantitative estimate of drug-likeness (QED) is 0.843. The van der Waals surface area contributed by atoms with Crippen molar-refractivity contribution in [1.29, 1.82) is 0 Å². The summed E-state index contributed by atoms with van der Waals surface area (Å²) in [7, 11) is 3.81. The molecule has 0 fully saturated rings. The second-order valence-corrected chi connectivity index (χ2v) is 5.49. The monoisotopic (exact) mass is 238 g/mol. The van der Waals surface area contributed by atoms with Crippen LogP contribution in [0, 0.1) is 0 Å². The zero-order valence-corrected chi connectivity index (χ0v) is 11.3. The van der Waals surface area contributed by atoms with Crippen LogP contribution in [0.15, 0.2) is 12.4 Å². The number of hydrogen-bond donors (Lipinski definition) is 1. The second kappa shape index (κ2) is 5.31. The fourth-order valence-corrected chi connectivity index (χ4v) is 1.62. The minimum atomic E-state index is -0.174. The molecule has 0 radical (unpaired) electrons. The predicted molar refractivity (Wildman–Crippen MR) is 67.4 cm³/mol. The Morgan fingerprint density at radius 3 is 2.65 bits per heavy atom. The zero-order valence-electron chi connectivity index (χ0n) is 11.3. The summed E-state index contributed by atoms with van der Waals surface area (Å²) in [6.07, 6.45) is 3.77. The van der Waals surface area contributed by atoms with E-state index in [-0.39, 0.29) is 11.4 Å². The van der Waals surface area contributed by atoms with Crippen molar-refractivity contribution < 1.29 is 4.79 Å². The third-order valence-corrected chi connectivity index (χ3v) is 2.14. The van der Waals surface area contributed by atoms with Gasteiger partial charge in [0.1, 0.15) is 0 Å². The van der Waals surface area contributed by atoms with Crippen LogP contribution in [0.4, 0.5) is 0 Å². The molecule has 1 aromatic rings. The summed E-state index contributed by atoms with van der Waals surface area (Å²) in [6, 6.07) is 0. The molecule has 1 amide bonds. The molecule has 0 saturated carbocycles. The van der Waals surface area contributed by atoms with Crippen molar-refractivity contribution in [2.75, 3.05) is 13.6 Å². The number of aromatic nitrogens is 2. The predicted octanol–water partition coefficient (Wildman–Crippen LogP) is 0.767. The van der Waals surface area contributed by atoms with Crippen LogP contribution < -0.4 is 5.32 Å². The van der Waals surface area contributed by atoms with Gasteiger partial charge in [-0.3, -0.25) is 14.4 Å². The van der Waals surface area contributed by atoms with Crippen LogP contribution in [0.1, 0.15) is 26.3 Å². The molecule has 0 unspecified atom stereocenters. The number of amides is 1. The van der Waals surface area contributed by atoms with E-state index in [1.807, 2.05) is 52.2 Å². The van der Waals surface area contributed by atoms with Gasteiger partial charge < -0.3 is 5.32 Å². The minimum Gasteiger partial charge on any atom is -0.350 e. The van der Waals surface area contributed by atoms with Crippen molar-refractivity contribution in [3.05, 3.63) is 18.0 Å². The minimum absolute atomic E-state index is 0.0453. The molecule has 0 atom stereocenters. The molecule has 96 valence electrons. The van der Waals surface area contributed by atoms with Crippen LogP contribution in [-0.2, 0) is 18.4 Å². The standard InChI is InChI=1S/C12H22N4O/c1-12(2,3)14-11(17)9-15(4)7-10-6-13-16(5)8-10/h6,8H,7,9H2,1-5H3,(H,14,17). The molecule has 0 aliphatic carbocycles. The summed E-state index contributed by atoms with van der Waals surface area (Å²) in [5.41, 5.74) is 0.935. The lowest BCUT2D eigenvalue weighted by Gasteiger charge is -2.23. The van der Waals surface area contributed by atoms with Crippen molar-refractivity contribution in [2.24, 2.45) is 7.05 Å². The Kier molecular flexibility index (Phi) is 4.28. The molecule has 0 bridgehead atoms. The Bertz CT molecular complexity index is 378. The summed E-state index contributed by atoms with van der Waals surface area (Å²) in [4.78, 5) is 13.7. The fourth-order valence-electron chi connectivity index (χ4n) is 1.62. The molecule has 1 rings (SSSR count). The van der Waals surface area contributed by atoms with E-state index in [2.05, 4.69) is 10.4 Å². The van der Waals surface area contributed by atoms with Gasteiger partial charge in [0.15, 0.2) is 0 Å². The lowest BCUT2D eigenvalue weighted by molar-refractivity contribution is -0.123. The van der Waals surface area contributed by atoms with E-state index in [1.165, 1.54) is 0 Å². The van der Waals surface area contributed by atoms with E-state index in [0.29, 0.717) is 6.54 Å². The topological polar surface area (TPSA) is 50.2 Å². The average Bonchev–Trinajstić information content (AvgIpc) is 2.46. The molecule has 0 spiro atoms. The molecule has 1 heterocycles. The van der Waals surface area contributed by atoms with E-state index in [0.717, 1.165) is 12.1 Å². The summed E-state index contributed by atoms with van der Waals surface area (Å²) in [5, 5.41) is 7.04. The highest BCUT2D eigenvalue weighted by Gasteiger charge is 2.15. The van der Waals surface area contributed by atoms with Gasteiger partial charge >= 0.3 is 0 Å². The molecule has 1 N–H and O–H groups in total. The summed E-state index contributed by atoms with van der Waals surface area (Å²) >= 11 is 0. The van der Waals surface area contributed by atoms with E-state index < -0.39 is 0 Å². The summed E-state index contributed by atoms with van der Waals surface area (Å²) in [6.45, 7) is 7.06. The first-order valence-electron chi connectivity index (χ1n) is 5.73. The van der Waals surface area contributed by atoms with Gasteiger partial charge in [-0.25, -0.2) is 0 Å². The Morgan fingerprint density at radius 2 is 2.18 bits per heavy atom. The van der Waals surface area contributed by atoms with Crippen LogP contribution in [0.2, 0.25) is 0 Å². The highest BCUT2D eigenvalue weighted by atomic mass is 16.2. The number of hydrogen-bond acceptors (Lipinski definition) is 3. The molecule has 5 nitrogen and oxygen atoms in total. The SMILES string of the molecule is CN(CC(=O)NC(C)(C)C)Cc1cnn(C)c1. The summed E-state index contributed by atoms with van der Waals surface area (Å²) < 4.78 is 1.76. The first-order chi connectivity index (χ1) is 7.76. The molecular weight excluding hydrogens is 216 g/mol. The van der Waals surface area contributed by atoms with Crippen molar-refractivity contribution in [3.8, 4) is 0 Å². The number of nitrogens with one attached hydrogen (secondary N) is 1. The van der Waals surface area contributed by atoms with Gasteiger partial charge in [-0.05, 0) is 27.8 Å². The number of aryl methyl sites for hydroxylation is 1. The van der Waals surface area contributed by atoms with Crippen molar-refractivity contribution >= 4 is 5.91 Å². The van der Waals surface area contributed by atoms with E-state index in [9.17, 15) is 4.79 Å². The van der Waals surface area contributed by atoms with E-state index in [4.69, 9.17) is 0 Å². The van der Waals surface area contributed by atoms with Gasteiger partial charge in [0.25, 0.3) is 0 Å². The third kappa shape index (κ3) is 5.49. The second-order valence-electron chi connectivity index (χ2n) is 5.49. The van der Waals surface area contributed by atoms with Gasteiger partial charge in [-0.1, -0.05) is 0 Å². The van der Waals surface area contributed by atoms with Crippen molar-refractivity contribution in [2.45, 2.75) is 32.9 Å². The smallest absolute Gasteiger partial charge is 0.234 e. The Morgan fingerprint density at radius 1 is 1.53 bits per heavy atom. The largest absolute Gasteiger partial charge is 0.350 e. The third-order valence-electron chi connectivity index (χ3n) is 2.14. The average molecular weight is 238 g/mol. The number of rotatable bonds is 4. The maximum absolute atomic E-state index is 11.7. The van der Waals surface area contributed by atoms with Crippen LogP contribution in [0.3, 0.4) is 0 Å². The molecule has 0 saturated heterocycles. The van der Waals surface area contributed by atoms with Gasteiger partial charge in [-0.2, -0.15) is 5.10 Å². The Labute approximate surface area is 103 Å². The normalized spacial score (nSPS) is 11.9. The number of nitrogens with zero attached hydrogens (tertiary/aromatic N) is 3. The maximum atomic E-state index is 11.7. The molecule has 0 aliphatic rings. The van der Waals surface area contributed by atoms with Gasteiger partial charge in [-0.15, -0.1) is 0 Å². The Hall–Kier alpha value is -1.36. The van der Waals surface area contributed by atoms with Gasteiger partial charge in [0.05, 0.1) is 12.7 Å². The highest BCUT2D eigenvalue weighted by molar-refractivity contribution is 5.78. The fraction of sp³-hybridized carbons (Fsp3) is 0.667. The van der Waals surface area contributed by atoms with Crippen molar-refractivity contribution in [3.63, 3.8) is 0 Å².